The number of nitriles is 1. The second-order valence-electron chi connectivity index (χ2n) is 4.16. The Hall–Kier alpha value is -1.83. The van der Waals surface area contributed by atoms with Gasteiger partial charge in [-0.15, -0.1) is 0 Å². The molecule has 92 valence electrons. The highest BCUT2D eigenvalue weighted by molar-refractivity contribution is 5.95. The fourth-order valence-corrected chi connectivity index (χ4v) is 1.72. The van der Waals surface area contributed by atoms with Gasteiger partial charge in [0.05, 0.1) is 17.3 Å². The molecule has 1 amide bonds. The van der Waals surface area contributed by atoms with Crippen LogP contribution in [-0.4, -0.2) is 21.2 Å². The van der Waals surface area contributed by atoms with E-state index < -0.39 is 5.54 Å². The van der Waals surface area contributed by atoms with Gasteiger partial charge in [-0.25, -0.2) is 0 Å². The van der Waals surface area contributed by atoms with E-state index in [-0.39, 0.29) is 5.91 Å². The lowest BCUT2D eigenvalue weighted by Crippen LogP contribution is -2.46. The van der Waals surface area contributed by atoms with Gasteiger partial charge in [0.1, 0.15) is 5.54 Å². The smallest absolute Gasteiger partial charge is 0.255 e. The van der Waals surface area contributed by atoms with Crippen molar-refractivity contribution >= 4 is 5.91 Å². The molecule has 1 aromatic rings. The standard InChI is InChI=1S/C12H18N4O/c1-5-12(6-2,8-13)14-11(17)10-7-16(4)15-9(10)3/h7H,5-6H2,1-4H3,(H,14,17). The van der Waals surface area contributed by atoms with Crippen molar-refractivity contribution in [2.45, 2.75) is 39.2 Å². The van der Waals surface area contributed by atoms with Crippen LogP contribution in [0.4, 0.5) is 0 Å². The summed E-state index contributed by atoms with van der Waals surface area (Å²) in [6, 6.07) is 2.18. The summed E-state index contributed by atoms with van der Waals surface area (Å²) in [5, 5.41) is 16.1. The van der Waals surface area contributed by atoms with Crippen molar-refractivity contribution in [3.8, 4) is 6.07 Å². The van der Waals surface area contributed by atoms with Gasteiger partial charge in [-0.3, -0.25) is 9.48 Å². The first-order valence-electron chi connectivity index (χ1n) is 5.72. The van der Waals surface area contributed by atoms with Gasteiger partial charge in [-0.1, -0.05) is 13.8 Å². The minimum atomic E-state index is -0.778. The van der Waals surface area contributed by atoms with Crippen LogP contribution in [0.25, 0.3) is 0 Å². The van der Waals surface area contributed by atoms with Gasteiger partial charge in [0.2, 0.25) is 0 Å². The Kier molecular flexibility index (Phi) is 3.89. The first-order valence-corrected chi connectivity index (χ1v) is 5.72. The van der Waals surface area contributed by atoms with Crippen molar-refractivity contribution in [3.63, 3.8) is 0 Å². The Labute approximate surface area is 101 Å². The lowest BCUT2D eigenvalue weighted by molar-refractivity contribution is 0.0915. The Balaban J connectivity index is 2.93. The predicted molar refractivity (Wildman–Crippen MR) is 64.3 cm³/mol. The maximum atomic E-state index is 12.1. The molecule has 0 aliphatic carbocycles. The quantitative estimate of drug-likeness (QED) is 0.859. The lowest BCUT2D eigenvalue weighted by Gasteiger charge is -2.24. The summed E-state index contributed by atoms with van der Waals surface area (Å²) in [6.45, 7) is 5.56. The maximum Gasteiger partial charge on any atom is 0.255 e. The van der Waals surface area contributed by atoms with E-state index in [0.29, 0.717) is 24.1 Å². The molecule has 0 saturated carbocycles. The van der Waals surface area contributed by atoms with Gasteiger partial charge in [-0.2, -0.15) is 10.4 Å². The van der Waals surface area contributed by atoms with E-state index in [1.54, 1.807) is 24.9 Å². The number of nitrogens with zero attached hydrogens (tertiary/aromatic N) is 3. The van der Waals surface area contributed by atoms with Crippen LogP contribution in [0.15, 0.2) is 6.20 Å². The predicted octanol–water partition coefficient (Wildman–Crippen LogP) is 1.54. The number of carbonyl (C=O) groups excluding carboxylic acids is 1. The molecule has 0 bridgehead atoms. The zero-order valence-corrected chi connectivity index (χ0v) is 10.7. The van der Waals surface area contributed by atoms with Crippen LogP contribution in [0.5, 0.6) is 0 Å². The first kappa shape index (κ1) is 13.2. The van der Waals surface area contributed by atoms with Gasteiger partial charge in [-0.05, 0) is 19.8 Å². The summed E-state index contributed by atoms with van der Waals surface area (Å²) >= 11 is 0. The van der Waals surface area contributed by atoms with Crippen LogP contribution in [0.2, 0.25) is 0 Å². The summed E-state index contributed by atoms with van der Waals surface area (Å²) in [5.41, 5.74) is 0.414. The number of aromatic nitrogens is 2. The molecule has 0 radical (unpaired) electrons. The summed E-state index contributed by atoms with van der Waals surface area (Å²) in [4.78, 5) is 12.1. The zero-order valence-electron chi connectivity index (χ0n) is 10.7. The average molecular weight is 234 g/mol. The number of aryl methyl sites for hydroxylation is 2. The minimum Gasteiger partial charge on any atom is -0.334 e. The first-order chi connectivity index (χ1) is 7.98. The minimum absolute atomic E-state index is 0.235. The molecule has 17 heavy (non-hydrogen) atoms. The molecule has 0 aromatic carbocycles. The Bertz CT molecular complexity index is 452. The van der Waals surface area contributed by atoms with Gasteiger partial charge in [0.15, 0.2) is 0 Å². The van der Waals surface area contributed by atoms with Crippen molar-refractivity contribution in [1.29, 1.82) is 5.26 Å². The molecular weight excluding hydrogens is 216 g/mol. The summed E-state index contributed by atoms with van der Waals surface area (Å²) < 4.78 is 1.59. The number of amides is 1. The molecule has 0 fully saturated rings. The Morgan fingerprint density at radius 2 is 2.18 bits per heavy atom. The number of nitrogens with one attached hydrogen (secondary N) is 1. The molecule has 0 aliphatic rings. The molecule has 0 atom stereocenters. The highest BCUT2D eigenvalue weighted by Gasteiger charge is 2.29. The molecule has 1 N–H and O–H groups in total. The fourth-order valence-electron chi connectivity index (χ4n) is 1.72. The monoisotopic (exact) mass is 234 g/mol. The highest BCUT2D eigenvalue weighted by atomic mass is 16.1. The molecule has 1 rings (SSSR count). The third-order valence-corrected chi connectivity index (χ3v) is 3.03. The van der Waals surface area contributed by atoms with Crippen LogP contribution in [0, 0.1) is 18.3 Å². The van der Waals surface area contributed by atoms with Gasteiger partial charge in [0, 0.05) is 13.2 Å². The molecule has 0 unspecified atom stereocenters. The molecule has 1 aromatic heterocycles. The third-order valence-electron chi connectivity index (χ3n) is 3.03. The van der Waals surface area contributed by atoms with E-state index in [1.807, 2.05) is 13.8 Å². The molecular formula is C12H18N4O. The van der Waals surface area contributed by atoms with Gasteiger partial charge in [0.25, 0.3) is 5.91 Å². The SMILES string of the molecule is CCC(C#N)(CC)NC(=O)c1cn(C)nc1C. The van der Waals surface area contributed by atoms with Crippen molar-refractivity contribution in [1.82, 2.24) is 15.1 Å². The Morgan fingerprint density at radius 1 is 1.59 bits per heavy atom. The van der Waals surface area contributed by atoms with Crippen LogP contribution >= 0.6 is 0 Å². The molecule has 1 heterocycles. The summed E-state index contributed by atoms with van der Waals surface area (Å²) in [5.74, 6) is -0.235. The fraction of sp³-hybridized carbons (Fsp3) is 0.583. The third kappa shape index (κ3) is 2.64. The largest absolute Gasteiger partial charge is 0.334 e. The van der Waals surface area contributed by atoms with E-state index in [4.69, 9.17) is 5.26 Å². The van der Waals surface area contributed by atoms with E-state index >= 15 is 0 Å². The van der Waals surface area contributed by atoms with Crippen LogP contribution in [0.1, 0.15) is 42.7 Å². The number of hydrogen-bond donors (Lipinski definition) is 1. The molecule has 0 aliphatic heterocycles. The van der Waals surface area contributed by atoms with Crippen LogP contribution in [-0.2, 0) is 7.05 Å². The second kappa shape index (κ2) is 5.00. The second-order valence-corrected chi connectivity index (χ2v) is 4.16. The Morgan fingerprint density at radius 3 is 2.53 bits per heavy atom. The van der Waals surface area contributed by atoms with E-state index in [9.17, 15) is 4.79 Å². The van der Waals surface area contributed by atoms with Crippen LogP contribution in [0.3, 0.4) is 0 Å². The van der Waals surface area contributed by atoms with Gasteiger partial charge < -0.3 is 5.32 Å². The summed E-state index contributed by atoms with van der Waals surface area (Å²) in [6.07, 6.45) is 2.84. The number of hydrogen-bond acceptors (Lipinski definition) is 3. The van der Waals surface area contributed by atoms with Gasteiger partial charge >= 0.3 is 0 Å². The maximum absolute atomic E-state index is 12.1. The lowest BCUT2D eigenvalue weighted by atomic mass is 9.94. The number of carbonyl (C=O) groups is 1. The molecule has 5 nitrogen and oxygen atoms in total. The zero-order chi connectivity index (χ0) is 13.1. The average Bonchev–Trinajstić information content (AvgIpc) is 2.65. The summed E-state index contributed by atoms with van der Waals surface area (Å²) in [7, 11) is 1.76. The van der Waals surface area contributed by atoms with Crippen molar-refractivity contribution in [3.05, 3.63) is 17.5 Å². The highest BCUT2D eigenvalue weighted by Crippen LogP contribution is 2.15. The van der Waals surface area contributed by atoms with Crippen molar-refractivity contribution in [2.75, 3.05) is 0 Å². The van der Waals surface area contributed by atoms with Crippen LogP contribution < -0.4 is 5.32 Å². The molecule has 0 spiro atoms. The molecule has 0 saturated heterocycles. The number of rotatable bonds is 4. The normalized spacial score (nSPS) is 11.0. The van der Waals surface area contributed by atoms with E-state index in [2.05, 4.69) is 16.5 Å². The van der Waals surface area contributed by atoms with E-state index in [0.717, 1.165) is 0 Å². The van der Waals surface area contributed by atoms with Crippen molar-refractivity contribution < 1.29 is 4.79 Å². The molecule has 5 heteroatoms. The topological polar surface area (TPSA) is 70.7 Å². The van der Waals surface area contributed by atoms with Crippen molar-refractivity contribution in [2.24, 2.45) is 7.05 Å². The van der Waals surface area contributed by atoms with E-state index in [1.165, 1.54) is 0 Å².